The molecular formula is C14H20FN. The Morgan fingerprint density at radius 3 is 2.31 bits per heavy atom. The van der Waals surface area contributed by atoms with Gasteiger partial charge in [0.15, 0.2) is 0 Å². The Bertz CT molecular complexity index is 359. The standard InChI is InChI=1S/C14H20FN/c1-4-16-14(11-5-6-11)12-7-9(2)13(15)10(3)8-12/h7-8,11,14,16H,4-6H2,1-3H3. The number of hydrogen-bond donors (Lipinski definition) is 1. The quantitative estimate of drug-likeness (QED) is 0.820. The lowest BCUT2D eigenvalue weighted by Gasteiger charge is -2.19. The van der Waals surface area contributed by atoms with Gasteiger partial charge >= 0.3 is 0 Å². The van der Waals surface area contributed by atoms with Gasteiger partial charge in [0.1, 0.15) is 5.82 Å². The zero-order chi connectivity index (χ0) is 11.7. The van der Waals surface area contributed by atoms with Gasteiger partial charge in [-0.3, -0.25) is 0 Å². The minimum atomic E-state index is -0.0604. The highest BCUT2D eigenvalue weighted by molar-refractivity contribution is 5.33. The molecule has 1 atom stereocenters. The summed E-state index contributed by atoms with van der Waals surface area (Å²) in [5.74, 6) is 0.694. The molecule has 2 heteroatoms. The van der Waals surface area contributed by atoms with Crippen molar-refractivity contribution >= 4 is 0 Å². The van der Waals surface area contributed by atoms with Crippen molar-refractivity contribution in [2.75, 3.05) is 6.54 Å². The maximum atomic E-state index is 13.6. The van der Waals surface area contributed by atoms with E-state index in [4.69, 9.17) is 0 Å². The van der Waals surface area contributed by atoms with Crippen LogP contribution in [0.3, 0.4) is 0 Å². The van der Waals surface area contributed by atoms with Gasteiger partial charge in [0.05, 0.1) is 0 Å². The molecule has 1 unspecified atom stereocenters. The van der Waals surface area contributed by atoms with Crippen molar-refractivity contribution in [1.29, 1.82) is 0 Å². The van der Waals surface area contributed by atoms with Crippen LogP contribution in [0.1, 0.15) is 42.5 Å². The van der Waals surface area contributed by atoms with E-state index in [0.717, 1.165) is 23.6 Å². The van der Waals surface area contributed by atoms with E-state index >= 15 is 0 Å². The normalized spacial score (nSPS) is 17.5. The zero-order valence-electron chi connectivity index (χ0n) is 10.3. The van der Waals surface area contributed by atoms with Gasteiger partial charge in [0.25, 0.3) is 0 Å². The van der Waals surface area contributed by atoms with E-state index < -0.39 is 0 Å². The number of hydrogen-bond acceptors (Lipinski definition) is 1. The van der Waals surface area contributed by atoms with Gasteiger partial charge in [0, 0.05) is 6.04 Å². The van der Waals surface area contributed by atoms with Crippen LogP contribution in [0.5, 0.6) is 0 Å². The first kappa shape index (κ1) is 11.6. The number of rotatable bonds is 4. The zero-order valence-corrected chi connectivity index (χ0v) is 10.3. The van der Waals surface area contributed by atoms with Gasteiger partial charge in [-0.1, -0.05) is 19.1 Å². The molecule has 1 N–H and O–H groups in total. The smallest absolute Gasteiger partial charge is 0.129 e. The summed E-state index contributed by atoms with van der Waals surface area (Å²) < 4.78 is 13.6. The first-order valence-electron chi connectivity index (χ1n) is 6.13. The van der Waals surface area contributed by atoms with E-state index in [1.165, 1.54) is 18.4 Å². The maximum absolute atomic E-state index is 13.6. The van der Waals surface area contributed by atoms with Gasteiger partial charge in [0.2, 0.25) is 0 Å². The lowest BCUT2D eigenvalue weighted by molar-refractivity contribution is 0.493. The van der Waals surface area contributed by atoms with Crippen LogP contribution in [-0.4, -0.2) is 6.54 Å². The van der Waals surface area contributed by atoms with Gasteiger partial charge < -0.3 is 5.32 Å². The number of aryl methyl sites for hydroxylation is 2. The molecule has 0 radical (unpaired) electrons. The van der Waals surface area contributed by atoms with E-state index in [-0.39, 0.29) is 5.82 Å². The minimum Gasteiger partial charge on any atom is -0.310 e. The minimum absolute atomic E-state index is 0.0604. The second-order valence-electron chi connectivity index (χ2n) is 4.84. The van der Waals surface area contributed by atoms with E-state index in [1.807, 2.05) is 26.0 Å². The molecule has 0 aliphatic heterocycles. The van der Waals surface area contributed by atoms with E-state index in [9.17, 15) is 4.39 Å². The summed E-state index contributed by atoms with van der Waals surface area (Å²) in [7, 11) is 0. The third-order valence-electron chi connectivity index (χ3n) is 3.34. The Morgan fingerprint density at radius 2 is 1.88 bits per heavy atom. The average Bonchev–Trinajstić information content (AvgIpc) is 3.05. The topological polar surface area (TPSA) is 12.0 Å². The number of benzene rings is 1. The predicted octanol–water partition coefficient (Wildman–Crippen LogP) is 3.50. The van der Waals surface area contributed by atoms with Crippen LogP contribution in [-0.2, 0) is 0 Å². The van der Waals surface area contributed by atoms with Crippen LogP contribution in [0.4, 0.5) is 4.39 Å². The number of halogens is 1. The van der Waals surface area contributed by atoms with E-state index in [1.54, 1.807) is 0 Å². The molecule has 0 aromatic heterocycles. The second-order valence-corrected chi connectivity index (χ2v) is 4.84. The molecule has 88 valence electrons. The largest absolute Gasteiger partial charge is 0.310 e. The molecule has 0 amide bonds. The van der Waals surface area contributed by atoms with Crippen molar-refractivity contribution in [1.82, 2.24) is 5.32 Å². The first-order chi connectivity index (χ1) is 7.63. The van der Waals surface area contributed by atoms with Crippen molar-refractivity contribution in [2.45, 2.75) is 39.7 Å². The third-order valence-corrected chi connectivity index (χ3v) is 3.34. The summed E-state index contributed by atoms with van der Waals surface area (Å²) >= 11 is 0. The van der Waals surface area contributed by atoms with Crippen LogP contribution in [0.2, 0.25) is 0 Å². The molecule has 1 fully saturated rings. The summed E-state index contributed by atoms with van der Waals surface area (Å²) in [5, 5.41) is 3.51. The SMILES string of the molecule is CCNC(c1cc(C)c(F)c(C)c1)C1CC1. The predicted molar refractivity (Wildman–Crippen MR) is 65.0 cm³/mol. The van der Waals surface area contributed by atoms with Gasteiger partial charge in [-0.05, 0) is 55.8 Å². The highest BCUT2D eigenvalue weighted by atomic mass is 19.1. The number of nitrogens with one attached hydrogen (secondary N) is 1. The first-order valence-corrected chi connectivity index (χ1v) is 6.13. The van der Waals surface area contributed by atoms with Crippen LogP contribution >= 0.6 is 0 Å². The molecular weight excluding hydrogens is 201 g/mol. The molecule has 1 saturated carbocycles. The van der Waals surface area contributed by atoms with Crippen LogP contribution < -0.4 is 5.32 Å². The summed E-state index contributed by atoms with van der Waals surface area (Å²) in [5.41, 5.74) is 2.78. The van der Waals surface area contributed by atoms with Crippen molar-refractivity contribution in [3.05, 3.63) is 34.6 Å². The molecule has 0 spiro atoms. The van der Waals surface area contributed by atoms with Gasteiger partial charge in [-0.25, -0.2) is 4.39 Å². The molecule has 16 heavy (non-hydrogen) atoms. The molecule has 1 aromatic rings. The lowest BCUT2D eigenvalue weighted by atomic mass is 9.97. The molecule has 2 rings (SSSR count). The highest BCUT2D eigenvalue weighted by Crippen LogP contribution is 2.41. The molecule has 1 aliphatic rings. The summed E-state index contributed by atoms with van der Waals surface area (Å²) in [6, 6.07) is 4.41. The third kappa shape index (κ3) is 2.27. The van der Waals surface area contributed by atoms with E-state index in [2.05, 4.69) is 12.2 Å². The highest BCUT2D eigenvalue weighted by Gasteiger charge is 2.32. The summed E-state index contributed by atoms with van der Waals surface area (Å²) in [6.07, 6.45) is 2.60. The fraction of sp³-hybridized carbons (Fsp3) is 0.571. The summed E-state index contributed by atoms with van der Waals surface area (Å²) in [6.45, 7) is 6.79. The fourth-order valence-corrected chi connectivity index (χ4v) is 2.37. The lowest BCUT2D eigenvalue weighted by Crippen LogP contribution is -2.23. The fourth-order valence-electron chi connectivity index (χ4n) is 2.37. The van der Waals surface area contributed by atoms with Crippen molar-refractivity contribution < 1.29 is 4.39 Å². The Kier molecular flexibility index (Phi) is 3.29. The maximum Gasteiger partial charge on any atom is 0.129 e. The van der Waals surface area contributed by atoms with Gasteiger partial charge in [-0.15, -0.1) is 0 Å². The average molecular weight is 221 g/mol. The van der Waals surface area contributed by atoms with E-state index in [0.29, 0.717) is 6.04 Å². The van der Waals surface area contributed by atoms with Gasteiger partial charge in [-0.2, -0.15) is 0 Å². The van der Waals surface area contributed by atoms with Crippen molar-refractivity contribution in [3.63, 3.8) is 0 Å². The molecule has 1 nitrogen and oxygen atoms in total. The molecule has 0 heterocycles. The Morgan fingerprint density at radius 1 is 1.31 bits per heavy atom. The Balaban J connectivity index is 2.30. The monoisotopic (exact) mass is 221 g/mol. The molecule has 0 bridgehead atoms. The Labute approximate surface area is 97.1 Å². The van der Waals surface area contributed by atoms with Crippen LogP contribution in [0, 0.1) is 25.6 Å². The van der Waals surface area contributed by atoms with Crippen molar-refractivity contribution in [2.24, 2.45) is 5.92 Å². The molecule has 1 aromatic carbocycles. The summed E-state index contributed by atoms with van der Waals surface area (Å²) in [4.78, 5) is 0. The molecule has 0 saturated heterocycles. The molecule has 1 aliphatic carbocycles. The van der Waals surface area contributed by atoms with Crippen LogP contribution in [0.25, 0.3) is 0 Å². The Hall–Kier alpha value is -0.890. The van der Waals surface area contributed by atoms with Crippen LogP contribution in [0.15, 0.2) is 12.1 Å². The second kappa shape index (κ2) is 4.54. The van der Waals surface area contributed by atoms with Crippen molar-refractivity contribution in [3.8, 4) is 0 Å².